The lowest BCUT2D eigenvalue weighted by molar-refractivity contribution is -0.00941. The summed E-state index contributed by atoms with van der Waals surface area (Å²) in [6.45, 7) is 40.3. The van der Waals surface area contributed by atoms with Gasteiger partial charge in [-0.25, -0.2) is 0 Å². The molecule has 0 aromatic rings. The van der Waals surface area contributed by atoms with E-state index in [9.17, 15) is 0 Å². The lowest BCUT2D eigenvalue weighted by Crippen LogP contribution is -2.65. The van der Waals surface area contributed by atoms with Gasteiger partial charge >= 0.3 is 0 Å². The molecule has 0 aromatic heterocycles. The summed E-state index contributed by atoms with van der Waals surface area (Å²) >= 11 is 0. The van der Waals surface area contributed by atoms with Crippen LogP contribution in [0.5, 0.6) is 0 Å². The van der Waals surface area contributed by atoms with E-state index < -0.39 is 33.7 Å². The fourth-order valence-corrected chi connectivity index (χ4v) is 18.9. The highest BCUT2D eigenvalue weighted by Gasteiger charge is 2.57. The standard InChI is InChI=1S/C26H62O3Si4/c1-18-23(6,28-33(16,17)25(8,20-3)29-32(13,14)15)24(7,19-2)30(9)27-26(21-4,22-5)31(10,11)12/h30H,18-22H2,1-17H3. The molecular formula is C26H62O3Si4. The molecule has 0 N–H and O–H groups in total. The smallest absolute Gasteiger partial charge is 0.217 e. The van der Waals surface area contributed by atoms with Crippen molar-refractivity contribution in [3.05, 3.63) is 0 Å². The molecule has 0 saturated carbocycles. The Morgan fingerprint density at radius 2 is 1.09 bits per heavy atom. The number of hydrogen-bond donors (Lipinski definition) is 0. The van der Waals surface area contributed by atoms with E-state index in [4.69, 9.17) is 13.3 Å². The molecule has 0 fully saturated rings. The molecule has 0 amide bonds. The van der Waals surface area contributed by atoms with Gasteiger partial charge in [-0.15, -0.1) is 0 Å². The first kappa shape index (κ1) is 33.7. The molecule has 33 heavy (non-hydrogen) atoms. The molecule has 0 aliphatic carbocycles. The Balaban J connectivity index is 6.37. The van der Waals surface area contributed by atoms with E-state index in [1.807, 2.05) is 0 Å². The molecule has 0 rings (SSSR count). The van der Waals surface area contributed by atoms with E-state index >= 15 is 0 Å². The predicted octanol–water partition coefficient (Wildman–Crippen LogP) is 8.91. The van der Waals surface area contributed by atoms with Gasteiger partial charge < -0.3 is 13.3 Å². The Morgan fingerprint density at radius 1 is 0.636 bits per heavy atom. The minimum atomic E-state index is -2.22. The molecule has 4 atom stereocenters. The summed E-state index contributed by atoms with van der Waals surface area (Å²) in [6.07, 6.45) is 5.30. The van der Waals surface area contributed by atoms with Crippen molar-refractivity contribution in [2.75, 3.05) is 0 Å². The van der Waals surface area contributed by atoms with E-state index in [0.29, 0.717) is 0 Å². The van der Waals surface area contributed by atoms with Crippen LogP contribution < -0.4 is 0 Å². The first-order chi connectivity index (χ1) is 14.6. The Bertz CT molecular complexity index is 610. The van der Waals surface area contributed by atoms with Gasteiger partial charge in [0.15, 0.2) is 17.4 Å². The van der Waals surface area contributed by atoms with Crippen molar-refractivity contribution in [2.24, 2.45) is 0 Å². The molecule has 200 valence electrons. The summed E-state index contributed by atoms with van der Waals surface area (Å²) in [5, 5.41) is -0.103. The van der Waals surface area contributed by atoms with Crippen molar-refractivity contribution in [3.8, 4) is 0 Å². The van der Waals surface area contributed by atoms with Gasteiger partial charge in [-0.3, -0.25) is 0 Å². The Kier molecular flexibility index (Phi) is 11.7. The summed E-state index contributed by atoms with van der Waals surface area (Å²) in [7, 11) is -7.06. The van der Waals surface area contributed by atoms with Gasteiger partial charge in [0.2, 0.25) is 8.32 Å². The maximum Gasteiger partial charge on any atom is 0.217 e. The van der Waals surface area contributed by atoms with E-state index in [1.54, 1.807) is 0 Å². The second kappa shape index (κ2) is 11.4. The average molecular weight is 535 g/mol. The molecular weight excluding hydrogens is 473 g/mol. The van der Waals surface area contributed by atoms with Gasteiger partial charge in [0.1, 0.15) is 0 Å². The van der Waals surface area contributed by atoms with E-state index in [0.717, 1.165) is 32.1 Å². The molecule has 0 heterocycles. The van der Waals surface area contributed by atoms with Gasteiger partial charge in [0, 0.05) is 10.3 Å². The number of rotatable bonds is 15. The normalized spacial score (nSPS) is 20.6. The number of hydrogen-bond acceptors (Lipinski definition) is 3. The summed E-state index contributed by atoms with van der Waals surface area (Å²) < 4.78 is 21.6. The van der Waals surface area contributed by atoms with Crippen molar-refractivity contribution in [1.29, 1.82) is 0 Å². The van der Waals surface area contributed by atoms with Crippen LogP contribution in [0.15, 0.2) is 0 Å². The predicted molar refractivity (Wildman–Crippen MR) is 160 cm³/mol. The minimum absolute atomic E-state index is 0.0368. The Labute approximate surface area is 214 Å². The first-order valence-corrected chi connectivity index (χ1v) is 25.7. The van der Waals surface area contributed by atoms with E-state index in [1.165, 1.54) is 0 Å². The molecule has 0 aromatic carbocycles. The molecule has 0 radical (unpaired) electrons. The van der Waals surface area contributed by atoms with Crippen LogP contribution >= 0.6 is 0 Å². The third-order valence-corrected chi connectivity index (χ3v) is 22.0. The second-order valence-electron chi connectivity index (χ2n) is 13.5. The summed E-state index contributed by atoms with van der Waals surface area (Å²) in [5.41, 5.74) is -0.227. The minimum Gasteiger partial charge on any atom is -0.417 e. The Morgan fingerprint density at radius 3 is 1.36 bits per heavy atom. The van der Waals surface area contributed by atoms with Gasteiger partial charge in [-0.05, 0) is 85.2 Å². The quantitative estimate of drug-likeness (QED) is 0.196. The lowest BCUT2D eigenvalue weighted by Gasteiger charge is -2.57. The first-order valence-electron chi connectivity index (χ1n) is 13.7. The largest absolute Gasteiger partial charge is 0.417 e. The van der Waals surface area contributed by atoms with Crippen LogP contribution in [0.2, 0.25) is 64.0 Å². The summed E-state index contributed by atoms with van der Waals surface area (Å²) in [5.74, 6) is 0. The second-order valence-corrected chi connectivity index (χ2v) is 30.4. The zero-order chi connectivity index (χ0) is 26.7. The van der Waals surface area contributed by atoms with Crippen molar-refractivity contribution in [1.82, 2.24) is 0 Å². The third-order valence-electron chi connectivity index (χ3n) is 9.39. The van der Waals surface area contributed by atoms with Crippen molar-refractivity contribution >= 4 is 33.7 Å². The molecule has 0 bridgehead atoms. The van der Waals surface area contributed by atoms with Crippen molar-refractivity contribution in [2.45, 2.75) is 168 Å². The fraction of sp³-hybridized carbons (Fsp3) is 1.00. The highest BCUT2D eigenvalue weighted by Crippen LogP contribution is 2.53. The van der Waals surface area contributed by atoms with Crippen LogP contribution in [0.1, 0.15) is 87.5 Å². The van der Waals surface area contributed by atoms with E-state index in [2.05, 4.69) is 114 Å². The van der Waals surface area contributed by atoms with Gasteiger partial charge in [0.05, 0.1) is 18.9 Å². The SMILES string of the molecule is CCC(C)(O[Si](C)(C)C(C)(CC)O[Si](C)(C)C)C(C)(CC)[SiH](C)OC(CC)(CC)[Si](C)(C)C. The van der Waals surface area contributed by atoms with Crippen LogP contribution in [-0.4, -0.2) is 49.8 Å². The summed E-state index contributed by atoms with van der Waals surface area (Å²) in [6, 6.07) is 0. The average Bonchev–Trinajstić information content (AvgIpc) is 2.68. The van der Waals surface area contributed by atoms with Crippen LogP contribution in [0, 0.1) is 0 Å². The molecule has 3 nitrogen and oxygen atoms in total. The van der Waals surface area contributed by atoms with Gasteiger partial charge in [0.25, 0.3) is 0 Å². The maximum absolute atomic E-state index is 7.42. The van der Waals surface area contributed by atoms with Crippen LogP contribution in [0.25, 0.3) is 0 Å². The van der Waals surface area contributed by atoms with Crippen LogP contribution in [0.4, 0.5) is 0 Å². The van der Waals surface area contributed by atoms with Crippen LogP contribution in [0.3, 0.4) is 0 Å². The molecule has 0 aliphatic rings. The lowest BCUT2D eigenvalue weighted by atomic mass is 9.85. The maximum atomic E-state index is 7.42. The highest BCUT2D eigenvalue weighted by molar-refractivity contribution is 6.79. The van der Waals surface area contributed by atoms with E-state index in [-0.39, 0.29) is 21.1 Å². The van der Waals surface area contributed by atoms with Gasteiger partial charge in [-0.2, -0.15) is 0 Å². The van der Waals surface area contributed by atoms with Crippen molar-refractivity contribution in [3.63, 3.8) is 0 Å². The molecule has 0 aliphatic heterocycles. The zero-order valence-corrected chi connectivity index (χ0v) is 30.0. The highest BCUT2D eigenvalue weighted by atomic mass is 28.4. The monoisotopic (exact) mass is 534 g/mol. The molecule has 0 spiro atoms. The molecule has 7 heteroatoms. The molecule has 4 unspecified atom stereocenters. The zero-order valence-electron chi connectivity index (χ0n) is 25.8. The van der Waals surface area contributed by atoms with Gasteiger partial charge in [-0.1, -0.05) is 61.2 Å². The van der Waals surface area contributed by atoms with Crippen molar-refractivity contribution < 1.29 is 13.3 Å². The topological polar surface area (TPSA) is 27.7 Å². The molecule has 0 saturated heterocycles. The summed E-state index contributed by atoms with van der Waals surface area (Å²) in [4.78, 5) is 0. The van der Waals surface area contributed by atoms with Crippen LogP contribution in [-0.2, 0) is 13.3 Å². The Hall–Kier alpha value is 0.748. The third kappa shape index (κ3) is 7.16. The fourth-order valence-electron chi connectivity index (χ4n) is 5.77.